The molecule has 3 N–H and O–H groups in total. The van der Waals surface area contributed by atoms with Crippen molar-refractivity contribution in [2.24, 2.45) is 29.4 Å². The summed E-state index contributed by atoms with van der Waals surface area (Å²) in [7, 11) is 0. The van der Waals surface area contributed by atoms with Crippen LogP contribution in [0.2, 0.25) is 0 Å². The van der Waals surface area contributed by atoms with Crippen molar-refractivity contribution in [1.82, 2.24) is 5.32 Å². The zero-order valence-electron chi connectivity index (χ0n) is 12.4. The van der Waals surface area contributed by atoms with Crippen LogP contribution in [0.25, 0.3) is 0 Å². The van der Waals surface area contributed by atoms with Crippen molar-refractivity contribution in [2.75, 3.05) is 13.1 Å². The molecule has 0 aromatic carbocycles. The van der Waals surface area contributed by atoms with Crippen molar-refractivity contribution < 1.29 is 4.79 Å². The molecular formula is C16H30N2O. The van der Waals surface area contributed by atoms with Crippen LogP contribution in [0.3, 0.4) is 0 Å². The largest absolute Gasteiger partial charge is 0.356 e. The first-order valence-electron chi connectivity index (χ1n) is 8.22. The van der Waals surface area contributed by atoms with E-state index in [0.29, 0.717) is 18.4 Å². The van der Waals surface area contributed by atoms with E-state index in [1.807, 2.05) is 0 Å². The molecule has 3 nitrogen and oxygen atoms in total. The lowest BCUT2D eigenvalue weighted by atomic mass is 9.81. The van der Waals surface area contributed by atoms with Gasteiger partial charge in [0.25, 0.3) is 0 Å². The van der Waals surface area contributed by atoms with Gasteiger partial charge in [0.15, 0.2) is 0 Å². The molecule has 1 amide bonds. The van der Waals surface area contributed by atoms with Crippen LogP contribution in [0.1, 0.15) is 58.3 Å². The van der Waals surface area contributed by atoms with Crippen molar-refractivity contribution in [2.45, 2.75) is 58.3 Å². The van der Waals surface area contributed by atoms with Crippen LogP contribution < -0.4 is 11.1 Å². The van der Waals surface area contributed by atoms with Crippen LogP contribution in [0.5, 0.6) is 0 Å². The number of nitrogens with one attached hydrogen (secondary N) is 1. The highest BCUT2D eigenvalue weighted by molar-refractivity contribution is 5.79. The number of carbonyl (C=O) groups excluding carboxylic acids is 1. The van der Waals surface area contributed by atoms with Crippen molar-refractivity contribution in [3.8, 4) is 0 Å². The summed E-state index contributed by atoms with van der Waals surface area (Å²) in [6, 6.07) is 0. The fraction of sp³-hybridized carbons (Fsp3) is 0.938. The van der Waals surface area contributed by atoms with Gasteiger partial charge in [-0.15, -0.1) is 0 Å². The van der Waals surface area contributed by atoms with Gasteiger partial charge in [-0.05, 0) is 50.0 Å². The molecule has 3 heteroatoms. The summed E-state index contributed by atoms with van der Waals surface area (Å²) in [5.41, 5.74) is 5.75. The van der Waals surface area contributed by atoms with Crippen molar-refractivity contribution >= 4 is 5.91 Å². The van der Waals surface area contributed by atoms with Crippen LogP contribution in [-0.2, 0) is 4.79 Å². The Morgan fingerprint density at radius 3 is 2.42 bits per heavy atom. The summed E-state index contributed by atoms with van der Waals surface area (Å²) in [6.45, 7) is 3.85. The van der Waals surface area contributed by atoms with Crippen LogP contribution in [-0.4, -0.2) is 19.0 Å². The Kier molecular flexibility index (Phi) is 5.68. The quantitative estimate of drug-likeness (QED) is 0.804. The standard InChI is InChI=1S/C16H30N2O/c1-2-12-6-8-13(9-7-12)11-18-16(19)15-5-3-4-14(15)10-17/h12-15H,2-11,17H2,1H3,(H,18,19). The third kappa shape index (κ3) is 3.95. The molecule has 0 aromatic heterocycles. The number of carbonyl (C=O) groups is 1. The molecule has 2 unspecified atom stereocenters. The second kappa shape index (κ2) is 7.28. The van der Waals surface area contributed by atoms with Crippen LogP contribution in [0.4, 0.5) is 0 Å². The molecule has 0 bridgehead atoms. The lowest BCUT2D eigenvalue weighted by Crippen LogP contribution is -2.38. The smallest absolute Gasteiger partial charge is 0.223 e. The third-order valence-electron chi connectivity index (χ3n) is 5.41. The van der Waals surface area contributed by atoms with Gasteiger partial charge >= 0.3 is 0 Å². The van der Waals surface area contributed by atoms with Gasteiger partial charge in [0, 0.05) is 12.5 Å². The predicted molar refractivity (Wildman–Crippen MR) is 78.6 cm³/mol. The Morgan fingerprint density at radius 2 is 1.79 bits per heavy atom. The molecular weight excluding hydrogens is 236 g/mol. The second-order valence-electron chi connectivity index (χ2n) is 6.57. The molecule has 0 aliphatic heterocycles. The minimum Gasteiger partial charge on any atom is -0.356 e. The maximum Gasteiger partial charge on any atom is 0.223 e. The van der Waals surface area contributed by atoms with E-state index >= 15 is 0 Å². The van der Waals surface area contributed by atoms with Crippen LogP contribution >= 0.6 is 0 Å². The summed E-state index contributed by atoms with van der Waals surface area (Å²) in [4.78, 5) is 12.2. The average Bonchev–Trinajstić information content (AvgIpc) is 2.93. The van der Waals surface area contributed by atoms with Crippen molar-refractivity contribution in [3.63, 3.8) is 0 Å². The van der Waals surface area contributed by atoms with Gasteiger partial charge in [0.1, 0.15) is 0 Å². The van der Waals surface area contributed by atoms with Gasteiger partial charge in [-0.1, -0.05) is 32.6 Å². The zero-order chi connectivity index (χ0) is 13.7. The Bertz CT molecular complexity index is 284. The van der Waals surface area contributed by atoms with Gasteiger partial charge in [-0.25, -0.2) is 0 Å². The minimum absolute atomic E-state index is 0.192. The number of rotatable bonds is 5. The van der Waals surface area contributed by atoms with E-state index in [4.69, 9.17) is 5.73 Å². The van der Waals surface area contributed by atoms with Gasteiger partial charge in [0.2, 0.25) is 5.91 Å². The molecule has 2 aliphatic carbocycles. The maximum absolute atomic E-state index is 12.2. The summed E-state index contributed by atoms with van der Waals surface area (Å²) in [5.74, 6) is 2.53. The monoisotopic (exact) mass is 266 g/mol. The molecule has 19 heavy (non-hydrogen) atoms. The van der Waals surface area contributed by atoms with Gasteiger partial charge < -0.3 is 11.1 Å². The van der Waals surface area contributed by atoms with Gasteiger partial charge in [-0.2, -0.15) is 0 Å². The normalized spacial score (nSPS) is 35.3. The van der Waals surface area contributed by atoms with Crippen LogP contribution in [0, 0.1) is 23.7 Å². The Labute approximate surface area is 117 Å². The molecule has 2 saturated carbocycles. The predicted octanol–water partition coefficient (Wildman–Crippen LogP) is 2.69. The zero-order valence-corrected chi connectivity index (χ0v) is 12.4. The highest BCUT2D eigenvalue weighted by Crippen LogP contribution is 2.32. The molecule has 0 heterocycles. The number of hydrogen-bond acceptors (Lipinski definition) is 2. The highest BCUT2D eigenvalue weighted by Gasteiger charge is 2.32. The molecule has 0 saturated heterocycles. The third-order valence-corrected chi connectivity index (χ3v) is 5.41. The SMILES string of the molecule is CCC1CCC(CNC(=O)C2CCCC2CN)CC1. The average molecular weight is 266 g/mol. The number of amides is 1. The molecule has 0 aromatic rings. The molecule has 2 atom stereocenters. The summed E-state index contributed by atoms with van der Waals surface area (Å²) < 4.78 is 0. The van der Waals surface area contributed by atoms with E-state index in [1.54, 1.807) is 0 Å². The van der Waals surface area contributed by atoms with E-state index in [1.165, 1.54) is 38.5 Å². The molecule has 2 rings (SSSR count). The van der Waals surface area contributed by atoms with Crippen molar-refractivity contribution in [1.29, 1.82) is 0 Å². The first kappa shape index (κ1) is 14.8. The van der Waals surface area contributed by atoms with Crippen LogP contribution in [0.15, 0.2) is 0 Å². The molecule has 110 valence electrons. The van der Waals surface area contributed by atoms with Crippen molar-refractivity contribution in [3.05, 3.63) is 0 Å². The first-order chi connectivity index (χ1) is 9.24. The van der Waals surface area contributed by atoms with E-state index in [-0.39, 0.29) is 11.8 Å². The highest BCUT2D eigenvalue weighted by atomic mass is 16.1. The minimum atomic E-state index is 0.192. The Hall–Kier alpha value is -0.570. The lowest BCUT2D eigenvalue weighted by molar-refractivity contribution is -0.126. The topological polar surface area (TPSA) is 55.1 Å². The number of nitrogens with two attached hydrogens (primary N) is 1. The van der Waals surface area contributed by atoms with E-state index < -0.39 is 0 Å². The molecule has 0 radical (unpaired) electrons. The second-order valence-corrected chi connectivity index (χ2v) is 6.57. The Morgan fingerprint density at radius 1 is 1.11 bits per heavy atom. The fourth-order valence-corrected chi connectivity index (χ4v) is 3.88. The summed E-state index contributed by atoms with van der Waals surface area (Å²) >= 11 is 0. The van der Waals surface area contributed by atoms with Gasteiger partial charge in [-0.3, -0.25) is 4.79 Å². The Balaban J connectivity index is 1.69. The molecule has 2 fully saturated rings. The fourth-order valence-electron chi connectivity index (χ4n) is 3.88. The number of hydrogen-bond donors (Lipinski definition) is 2. The van der Waals surface area contributed by atoms with E-state index in [2.05, 4.69) is 12.2 Å². The van der Waals surface area contributed by atoms with E-state index in [0.717, 1.165) is 25.3 Å². The summed E-state index contributed by atoms with van der Waals surface area (Å²) in [5, 5.41) is 3.20. The molecule has 2 aliphatic rings. The lowest BCUT2D eigenvalue weighted by Gasteiger charge is -2.28. The maximum atomic E-state index is 12.2. The van der Waals surface area contributed by atoms with Gasteiger partial charge in [0.05, 0.1) is 0 Å². The molecule has 0 spiro atoms. The first-order valence-corrected chi connectivity index (χ1v) is 8.22. The summed E-state index contributed by atoms with van der Waals surface area (Å²) in [6.07, 6.45) is 9.96. The van der Waals surface area contributed by atoms with E-state index in [9.17, 15) is 4.79 Å².